The van der Waals surface area contributed by atoms with Crippen molar-refractivity contribution >= 4 is 28.2 Å². The highest BCUT2D eigenvalue weighted by Gasteiger charge is 2.32. The van der Waals surface area contributed by atoms with Crippen molar-refractivity contribution in [2.45, 2.75) is 19.3 Å². The zero-order valence-electron chi connectivity index (χ0n) is 12.1. The van der Waals surface area contributed by atoms with Gasteiger partial charge in [-0.2, -0.15) is 0 Å². The fourth-order valence-corrected chi connectivity index (χ4v) is 3.53. The van der Waals surface area contributed by atoms with Crippen LogP contribution < -0.4 is 0 Å². The number of amides is 2. The largest absolute Gasteiger partial charge is 0.339 e. The third kappa shape index (κ3) is 2.83. The number of hydrogen-bond acceptors (Lipinski definition) is 5. The molecule has 0 N–H and O–H groups in total. The average Bonchev–Trinajstić information content (AvgIpc) is 2.95. The molecule has 2 amide bonds. The van der Waals surface area contributed by atoms with Crippen molar-refractivity contribution in [3.8, 4) is 0 Å². The minimum Gasteiger partial charge on any atom is -0.339 e. The van der Waals surface area contributed by atoms with Gasteiger partial charge in [-0.1, -0.05) is 17.8 Å². The Morgan fingerprint density at radius 2 is 1.77 bits per heavy atom. The molecular weight excluding hydrogens is 306 g/mol. The number of rotatable bonds is 3. The van der Waals surface area contributed by atoms with Crippen LogP contribution in [0.2, 0.25) is 0 Å². The predicted molar refractivity (Wildman–Crippen MR) is 80.8 cm³/mol. The van der Waals surface area contributed by atoms with Gasteiger partial charge in [0.05, 0.1) is 9.80 Å². The van der Waals surface area contributed by atoms with Gasteiger partial charge in [-0.05, 0) is 18.9 Å². The van der Waals surface area contributed by atoms with Crippen LogP contribution in [0.4, 0.5) is 5.00 Å². The molecular formula is C14H17N3O4S. The molecule has 0 unspecified atom stereocenters. The molecule has 2 fully saturated rings. The zero-order chi connectivity index (χ0) is 15.7. The van der Waals surface area contributed by atoms with E-state index in [1.54, 1.807) is 4.90 Å². The summed E-state index contributed by atoms with van der Waals surface area (Å²) in [4.78, 5) is 38.5. The van der Waals surface area contributed by atoms with E-state index in [9.17, 15) is 19.7 Å². The SMILES string of the molecule is O=C(c1ccc([N+](=O)[O-])s1)N1CCN(C(=O)C2CCC2)CC1. The van der Waals surface area contributed by atoms with Crippen LogP contribution >= 0.6 is 11.3 Å². The van der Waals surface area contributed by atoms with E-state index in [2.05, 4.69) is 0 Å². The highest BCUT2D eigenvalue weighted by molar-refractivity contribution is 7.17. The number of piperazine rings is 1. The lowest BCUT2D eigenvalue weighted by Gasteiger charge is -2.38. The second-order valence-corrected chi connectivity index (χ2v) is 6.70. The first-order chi connectivity index (χ1) is 10.6. The quantitative estimate of drug-likeness (QED) is 0.626. The summed E-state index contributed by atoms with van der Waals surface area (Å²) < 4.78 is 0. The van der Waals surface area contributed by atoms with E-state index in [-0.39, 0.29) is 22.7 Å². The first kappa shape index (κ1) is 15.0. The van der Waals surface area contributed by atoms with Crippen molar-refractivity contribution in [3.63, 3.8) is 0 Å². The molecule has 0 spiro atoms. The van der Waals surface area contributed by atoms with Gasteiger partial charge < -0.3 is 9.80 Å². The highest BCUT2D eigenvalue weighted by Crippen LogP contribution is 2.29. The molecule has 8 heteroatoms. The summed E-state index contributed by atoms with van der Waals surface area (Å²) >= 11 is 0.897. The van der Waals surface area contributed by atoms with E-state index in [1.807, 2.05) is 4.90 Å². The summed E-state index contributed by atoms with van der Waals surface area (Å²) in [5.74, 6) is 0.209. The van der Waals surface area contributed by atoms with Crippen LogP contribution in [-0.2, 0) is 4.79 Å². The number of carbonyl (C=O) groups is 2. The molecule has 22 heavy (non-hydrogen) atoms. The van der Waals surface area contributed by atoms with E-state index < -0.39 is 4.92 Å². The summed E-state index contributed by atoms with van der Waals surface area (Å²) in [6, 6.07) is 2.85. The second-order valence-electron chi connectivity index (χ2n) is 5.64. The molecule has 1 saturated heterocycles. The van der Waals surface area contributed by atoms with E-state index >= 15 is 0 Å². The van der Waals surface area contributed by atoms with E-state index in [1.165, 1.54) is 12.1 Å². The van der Waals surface area contributed by atoms with E-state index in [0.29, 0.717) is 31.1 Å². The molecule has 7 nitrogen and oxygen atoms in total. The van der Waals surface area contributed by atoms with Crippen molar-refractivity contribution in [2.24, 2.45) is 5.92 Å². The molecule has 1 aliphatic heterocycles. The smallest absolute Gasteiger partial charge is 0.324 e. The Labute approximate surface area is 131 Å². The lowest BCUT2D eigenvalue weighted by atomic mass is 9.84. The second kappa shape index (κ2) is 6.04. The minimum atomic E-state index is -0.489. The topological polar surface area (TPSA) is 83.8 Å². The Morgan fingerprint density at radius 1 is 1.14 bits per heavy atom. The van der Waals surface area contributed by atoms with Crippen molar-refractivity contribution < 1.29 is 14.5 Å². The van der Waals surface area contributed by atoms with Gasteiger partial charge in [0.15, 0.2) is 0 Å². The zero-order valence-corrected chi connectivity index (χ0v) is 12.9. The summed E-state index contributed by atoms with van der Waals surface area (Å²) in [5.41, 5.74) is 0. The molecule has 0 radical (unpaired) electrons. The van der Waals surface area contributed by atoms with Gasteiger partial charge in [-0.25, -0.2) is 0 Å². The van der Waals surface area contributed by atoms with Crippen LogP contribution in [-0.4, -0.2) is 52.7 Å². The third-order valence-electron chi connectivity index (χ3n) is 4.32. The molecule has 1 aliphatic carbocycles. The van der Waals surface area contributed by atoms with Gasteiger partial charge in [-0.15, -0.1) is 0 Å². The van der Waals surface area contributed by atoms with Gasteiger partial charge in [0.25, 0.3) is 5.91 Å². The lowest BCUT2D eigenvalue weighted by Crippen LogP contribution is -2.52. The number of hydrogen-bond donors (Lipinski definition) is 0. The Balaban J connectivity index is 1.57. The maximum atomic E-state index is 12.3. The molecule has 2 heterocycles. The van der Waals surface area contributed by atoms with Crippen molar-refractivity contribution in [3.05, 3.63) is 27.1 Å². The van der Waals surface area contributed by atoms with Gasteiger partial charge in [0.2, 0.25) is 5.91 Å². The number of nitro groups is 1. The molecule has 0 aromatic carbocycles. The molecule has 3 rings (SSSR count). The molecule has 1 aromatic rings. The van der Waals surface area contributed by atoms with Crippen LogP contribution in [0, 0.1) is 16.0 Å². The summed E-state index contributed by atoms with van der Waals surface area (Å²) in [7, 11) is 0. The maximum absolute atomic E-state index is 12.3. The van der Waals surface area contributed by atoms with E-state index in [0.717, 1.165) is 30.6 Å². The van der Waals surface area contributed by atoms with Crippen molar-refractivity contribution in [1.29, 1.82) is 0 Å². The summed E-state index contributed by atoms with van der Waals surface area (Å²) in [6.07, 6.45) is 3.10. The van der Waals surface area contributed by atoms with Crippen LogP contribution in [0.15, 0.2) is 12.1 Å². The molecule has 118 valence electrons. The normalized spacial score (nSPS) is 18.9. The predicted octanol–water partition coefficient (Wildman–Crippen LogP) is 1.74. The first-order valence-electron chi connectivity index (χ1n) is 7.38. The lowest BCUT2D eigenvalue weighted by molar-refractivity contribution is -0.380. The summed E-state index contributed by atoms with van der Waals surface area (Å²) in [6.45, 7) is 2.08. The fourth-order valence-electron chi connectivity index (χ4n) is 2.74. The van der Waals surface area contributed by atoms with E-state index in [4.69, 9.17) is 0 Å². The summed E-state index contributed by atoms with van der Waals surface area (Å²) in [5, 5.41) is 10.6. The Hall–Kier alpha value is -1.96. The minimum absolute atomic E-state index is 0.0258. The molecule has 2 aliphatic rings. The van der Waals surface area contributed by atoms with Gasteiger partial charge >= 0.3 is 5.00 Å². The van der Waals surface area contributed by atoms with Gasteiger partial charge in [0, 0.05) is 38.2 Å². The Bertz CT molecular complexity index is 603. The number of carbonyl (C=O) groups excluding carboxylic acids is 2. The van der Waals surface area contributed by atoms with Crippen LogP contribution in [0.25, 0.3) is 0 Å². The number of thiophene rings is 1. The molecule has 1 saturated carbocycles. The fraction of sp³-hybridized carbons (Fsp3) is 0.571. The van der Waals surface area contributed by atoms with Crippen LogP contribution in [0.5, 0.6) is 0 Å². The van der Waals surface area contributed by atoms with Crippen molar-refractivity contribution in [1.82, 2.24) is 9.80 Å². The average molecular weight is 323 g/mol. The Morgan fingerprint density at radius 3 is 2.27 bits per heavy atom. The van der Waals surface area contributed by atoms with Gasteiger partial charge in [-0.3, -0.25) is 19.7 Å². The van der Waals surface area contributed by atoms with Crippen LogP contribution in [0.3, 0.4) is 0 Å². The van der Waals surface area contributed by atoms with Crippen LogP contribution in [0.1, 0.15) is 28.9 Å². The molecule has 0 atom stereocenters. The Kier molecular flexibility index (Phi) is 4.10. The van der Waals surface area contributed by atoms with Gasteiger partial charge in [0.1, 0.15) is 0 Å². The first-order valence-corrected chi connectivity index (χ1v) is 8.20. The number of nitrogens with zero attached hydrogens (tertiary/aromatic N) is 3. The van der Waals surface area contributed by atoms with Crippen molar-refractivity contribution in [2.75, 3.05) is 26.2 Å². The highest BCUT2D eigenvalue weighted by atomic mass is 32.1. The third-order valence-corrected chi connectivity index (χ3v) is 5.34. The molecule has 0 bridgehead atoms. The molecule has 1 aromatic heterocycles. The monoisotopic (exact) mass is 323 g/mol. The standard InChI is InChI=1S/C14H17N3O4S/c18-13(10-2-1-3-10)15-6-8-16(9-7-15)14(19)11-4-5-12(22-11)17(20)21/h4-5,10H,1-3,6-9H2. The maximum Gasteiger partial charge on any atom is 0.324 e.